The number of H-pyrrole nitrogens is 1. The predicted molar refractivity (Wildman–Crippen MR) is 126 cm³/mol. The van der Waals surface area contributed by atoms with Gasteiger partial charge in [-0.2, -0.15) is 5.26 Å². The van der Waals surface area contributed by atoms with E-state index < -0.39 is 21.2 Å². The number of hydrogen-bond donors (Lipinski definition) is 1. The van der Waals surface area contributed by atoms with Crippen molar-refractivity contribution in [2.45, 2.75) is 25.3 Å². The van der Waals surface area contributed by atoms with Crippen LogP contribution in [0.5, 0.6) is 0 Å². The number of rotatable bonds is 5. The van der Waals surface area contributed by atoms with E-state index in [0.29, 0.717) is 16.5 Å². The first-order chi connectivity index (χ1) is 16.0. The molecule has 1 N–H and O–H groups in total. The minimum atomic E-state index is -3.72. The van der Waals surface area contributed by atoms with Gasteiger partial charge < -0.3 is 9.55 Å². The number of nitrogens with one attached hydrogen (secondary N) is 1. The largest absolute Gasteiger partial charge is 0.333 e. The molecule has 0 radical (unpaired) electrons. The Bertz CT molecular complexity index is 1690. The van der Waals surface area contributed by atoms with Crippen molar-refractivity contribution in [3.8, 4) is 17.2 Å². The molecule has 2 heterocycles. The van der Waals surface area contributed by atoms with Crippen molar-refractivity contribution in [2.24, 2.45) is 0 Å². The predicted octanol–water partition coefficient (Wildman–Crippen LogP) is 3.97. The number of fused-ring (bicyclic) bond motifs is 1. The van der Waals surface area contributed by atoms with Gasteiger partial charge in [0.15, 0.2) is 15.6 Å². The number of aromatic nitrogens is 2. The van der Waals surface area contributed by atoms with Gasteiger partial charge in [-0.1, -0.05) is 11.6 Å². The Balaban J connectivity index is 2.09. The van der Waals surface area contributed by atoms with Crippen LogP contribution in [0.15, 0.2) is 58.4 Å². The lowest BCUT2D eigenvalue weighted by molar-refractivity contribution is 0.101. The lowest BCUT2D eigenvalue weighted by Gasteiger charge is -2.13. The molecular formula is C25H20FN3O4S. The van der Waals surface area contributed by atoms with Crippen molar-refractivity contribution in [1.82, 2.24) is 9.55 Å². The lowest BCUT2D eigenvalue weighted by atomic mass is 10.0. The van der Waals surface area contributed by atoms with E-state index in [2.05, 4.69) is 4.98 Å². The summed E-state index contributed by atoms with van der Waals surface area (Å²) >= 11 is 0. The summed E-state index contributed by atoms with van der Waals surface area (Å²) in [7, 11) is -3.72. The molecule has 34 heavy (non-hydrogen) atoms. The van der Waals surface area contributed by atoms with Crippen LogP contribution in [0.3, 0.4) is 0 Å². The Morgan fingerprint density at radius 3 is 2.56 bits per heavy atom. The van der Waals surface area contributed by atoms with Gasteiger partial charge in [0.1, 0.15) is 11.9 Å². The monoisotopic (exact) mass is 477 g/mol. The fourth-order valence-electron chi connectivity index (χ4n) is 4.13. The number of nitrogens with zero attached hydrogens (tertiary/aromatic N) is 2. The van der Waals surface area contributed by atoms with Crippen LogP contribution >= 0.6 is 0 Å². The first-order valence-corrected chi connectivity index (χ1v) is 12.2. The fraction of sp³-hybridized carbons (Fsp3) is 0.160. The molecule has 2 aromatic carbocycles. The normalized spacial score (nSPS) is 11.5. The Hall–Kier alpha value is -4.03. The Labute approximate surface area is 195 Å². The van der Waals surface area contributed by atoms with Gasteiger partial charge in [-0.25, -0.2) is 12.8 Å². The molecule has 0 saturated carbocycles. The summed E-state index contributed by atoms with van der Waals surface area (Å²) in [5, 5.41) is 9.97. The number of nitriles is 1. The van der Waals surface area contributed by atoms with Crippen molar-refractivity contribution in [2.75, 3.05) is 6.26 Å². The summed E-state index contributed by atoms with van der Waals surface area (Å²) in [5.41, 5.74) is 1.48. The molecule has 4 rings (SSSR count). The number of halogens is 1. The first kappa shape index (κ1) is 23.1. The van der Waals surface area contributed by atoms with Gasteiger partial charge in [0, 0.05) is 47.0 Å². The van der Waals surface area contributed by atoms with E-state index in [0.717, 1.165) is 17.9 Å². The molecule has 0 aliphatic carbocycles. The van der Waals surface area contributed by atoms with Crippen LogP contribution in [0.2, 0.25) is 0 Å². The second-order valence-electron chi connectivity index (χ2n) is 8.13. The van der Waals surface area contributed by atoms with E-state index >= 15 is 4.39 Å². The summed E-state index contributed by atoms with van der Waals surface area (Å²) in [6.07, 6.45) is 2.46. The molecule has 4 aromatic rings. The number of carbonyl (C=O) groups is 1. The Morgan fingerprint density at radius 1 is 1.21 bits per heavy atom. The second-order valence-corrected chi connectivity index (χ2v) is 10.1. The zero-order chi connectivity index (χ0) is 24.8. The molecule has 0 aliphatic heterocycles. The molecule has 0 bridgehead atoms. The highest BCUT2D eigenvalue weighted by atomic mass is 32.2. The number of pyridine rings is 1. The average molecular weight is 478 g/mol. The highest BCUT2D eigenvalue weighted by Crippen LogP contribution is 2.35. The zero-order valence-electron chi connectivity index (χ0n) is 18.6. The number of aryl methyl sites for hydroxylation is 1. The third kappa shape index (κ3) is 3.93. The van der Waals surface area contributed by atoms with Gasteiger partial charge in [0.2, 0.25) is 0 Å². The molecule has 172 valence electrons. The molecule has 9 heteroatoms. The quantitative estimate of drug-likeness (QED) is 0.345. The van der Waals surface area contributed by atoms with Crippen molar-refractivity contribution in [1.29, 1.82) is 5.26 Å². The Morgan fingerprint density at radius 2 is 1.94 bits per heavy atom. The molecule has 0 atom stereocenters. The average Bonchev–Trinajstić information content (AvgIpc) is 3.08. The third-order valence-electron chi connectivity index (χ3n) is 5.64. The number of benzene rings is 2. The smallest absolute Gasteiger partial charge is 0.255 e. The maximum absolute atomic E-state index is 15.1. The maximum atomic E-state index is 15.1. The molecule has 0 spiro atoms. The molecule has 0 amide bonds. The van der Waals surface area contributed by atoms with Crippen molar-refractivity contribution < 1.29 is 17.6 Å². The van der Waals surface area contributed by atoms with E-state index in [-0.39, 0.29) is 39.6 Å². The van der Waals surface area contributed by atoms with Gasteiger partial charge in [-0.05, 0) is 43.3 Å². The van der Waals surface area contributed by atoms with Crippen molar-refractivity contribution in [3.63, 3.8) is 0 Å². The van der Waals surface area contributed by atoms with Crippen molar-refractivity contribution >= 4 is 26.5 Å². The number of Topliss-reactive ketones (excluding diaryl/α,β-unsaturated/α-hetero) is 1. The topological polar surface area (TPSA) is 113 Å². The molecule has 0 aliphatic rings. The van der Waals surface area contributed by atoms with E-state index in [1.54, 1.807) is 28.8 Å². The summed E-state index contributed by atoms with van der Waals surface area (Å²) in [5.74, 6) is -1.22. The van der Waals surface area contributed by atoms with Gasteiger partial charge in [-0.15, -0.1) is 0 Å². The van der Waals surface area contributed by atoms with Crippen LogP contribution in [0.1, 0.15) is 34.1 Å². The number of ketones is 1. The SMILES string of the molecule is CC(=O)c1c(-c2ccc[nH]c2=O)c2cc(C)ccc2n1Cc1cc(S(C)(=O)=O)cc(C#N)c1F. The number of hydrogen-bond acceptors (Lipinski definition) is 5. The minimum absolute atomic E-state index is 0.0621. The van der Waals surface area contributed by atoms with Crippen LogP contribution in [0, 0.1) is 24.1 Å². The Kier molecular flexibility index (Phi) is 5.71. The van der Waals surface area contributed by atoms with Crippen LogP contribution in [-0.4, -0.2) is 30.0 Å². The van der Waals surface area contributed by atoms with Crippen LogP contribution in [-0.2, 0) is 16.4 Å². The minimum Gasteiger partial charge on any atom is -0.333 e. The van der Waals surface area contributed by atoms with E-state index in [9.17, 15) is 23.3 Å². The molecule has 2 aromatic heterocycles. The third-order valence-corrected chi connectivity index (χ3v) is 6.73. The summed E-state index contributed by atoms with van der Waals surface area (Å²) in [6.45, 7) is 3.00. The zero-order valence-corrected chi connectivity index (χ0v) is 19.5. The maximum Gasteiger partial charge on any atom is 0.255 e. The summed E-state index contributed by atoms with van der Waals surface area (Å²) < 4.78 is 41.0. The fourth-order valence-corrected chi connectivity index (χ4v) is 4.81. The summed E-state index contributed by atoms with van der Waals surface area (Å²) in [4.78, 5) is 27.9. The van der Waals surface area contributed by atoms with Crippen LogP contribution in [0.4, 0.5) is 4.39 Å². The van der Waals surface area contributed by atoms with E-state index in [4.69, 9.17) is 0 Å². The van der Waals surface area contributed by atoms with Gasteiger partial charge in [0.25, 0.3) is 5.56 Å². The summed E-state index contributed by atoms with van der Waals surface area (Å²) in [6, 6.07) is 12.5. The number of aromatic amines is 1. The standard InChI is InChI=1S/C25H20FN3O4S/c1-14-6-7-21-20(9-14)22(19-5-4-8-28-25(19)31)24(15(2)30)29(21)13-17-11-18(34(3,32)33)10-16(12-27)23(17)26/h4-11H,13H2,1-3H3,(H,28,31). The number of carbonyl (C=O) groups excluding carboxylic acids is 1. The van der Waals surface area contributed by atoms with Crippen molar-refractivity contribution in [3.05, 3.63) is 87.2 Å². The first-order valence-electron chi connectivity index (χ1n) is 10.3. The van der Waals surface area contributed by atoms with Gasteiger partial charge in [0.05, 0.1) is 22.7 Å². The highest BCUT2D eigenvalue weighted by Gasteiger charge is 2.25. The van der Waals surface area contributed by atoms with Crippen LogP contribution in [0.25, 0.3) is 22.0 Å². The van der Waals surface area contributed by atoms with Gasteiger partial charge >= 0.3 is 0 Å². The second kappa shape index (κ2) is 8.39. The van der Waals surface area contributed by atoms with Crippen LogP contribution < -0.4 is 5.56 Å². The molecule has 7 nitrogen and oxygen atoms in total. The lowest BCUT2D eigenvalue weighted by Crippen LogP contribution is -2.13. The number of sulfone groups is 1. The van der Waals surface area contributed by atoms with E-state index in [1.165, 1.54) is 19.2 Å². The molecular weight excluding hydrogens is 457 g/mol. The van der Waals surface area contributed by atoms with E-state index in [1.807, 2.05) is 19.1 Å². The molecule has 0 unspecified atom stereocenters. The molecule has 0 fully saturated rings. The highest BCUT2D eigenvalue weighted by molar-refractivity contribution is 7.90. The van der Waals surface area contributed by atoms with Gasteiger partial charge in [-0.3, -0.25) is 9.59 Å². The molecule has 0 saturated heterocycles.